The number of aliphatic hydroxyl groups is 1. The van der Waals surface area contributed by atoms with Crippen molar-refractivity contribution in [2.45, 2.75) is 228 Å². The summed E-state index contributed by atoms with van der Waals surface area (Å²) in [5.41, 5.74) is 0. The van der Waals surface area contributed by atoms with E-state index in [1.54, 1.807) is 6.92 Å². The van der Waals surface area contributed by atoms with Gasteiger partial charge in [0.2, 0.25) is 0 Å². The van der Waals surface area contributed by atoms with E-state index in [0.29, 0.717) is 0 Å². The molecule has 0 aromatic heterocycles. The van der Waals surface area contributed by atoms with Gasteiger partial charge in [-0.2, -0.15) is 0 Å². The van der Waals surface area contributed by atoms with E-state index in [-0.39, 0.29) is 52.7 Å². The first-order valence-corrected chi connectivity index (χ1v) is 33.9. The Morgan fingerprint density at radius 2 is 0.376 bits per heavy atom. The average molecular weight is 1470 g/mol. The SMILES string of the molecule is COC[C@H]1O[C@@H]2O[C@H]3[C@H](OC)[C@@H](OC)[C@@H](O[C@H]4[C@H](OC)[C@@H](OC)[C@@H](O[C@H]5[C@H](OC)[C@@H](OC)[C@@H](O[C@H]6[C@H](OC)[C@@H](OC)[C@@H](O[C@H]7[C@H](OC)[C@@H](OC)[C@@H](O[C@H]8[C@H](OC)[C@@H](OC)[C@@H](O[C@H]1[C@H](OC)[C@H]2OC)O[C@@H]8CNCC(C)O)O[C@@H]7COC)O[C@@H]6COC)O[C@@H]5COC)O[C@@H]4COC)O[C@@H]3COC. The van der Waals surface area contributed by atoms with Crippen LogP contribution in [0.4, 0.5) is 0 Å². The third-order valence-corrected chi connectivity index (χ3v) is 19.8. The van der Waals surface area contributed by atoms with Crippen LogP contribution in [0.25, 0.3) is 0 Å². The van der Waals surface area contributed by atoms with E-state index in [1.807, 2.05) is 0 Å². The molecule has 36 heteroatoms. The smallest absolute Gasteiger partial charge is 0.187 e. The predicted molar refractivity (Wildman–Crippen MR) is 342 cm³/mol. The Bertz CT molecular complexity index is 2270. The summed E-state index contributed by atoms with van der Waals surface area (Å²) < 4.78 is 221. The van der Waals surface area contributed by atoms with E-state index in [9.17, 15) is 5.11 Å². The fourth-order valence-corrected chi connectivity index (χ4v) is 15.2. The summed E-state index contributed by atoms with van der Waals surface area (Å²) in [4.78, 5) is 0. The normalized spacial score (nSPS) is 45.4. The van der Waals surface area contributed by atoms with Crippen LogP contribution < -0.4 is 5.32 Å². The van der Waals surface area contributed by atoms with E-state index < -0.39 is 221 Å². The Labute approximate surface area is 592 Å². The molecule has 21 heterocycles. The topological polar surface area (TPSA) is 346 Å². The molecule has 0 saturated carbocycles. The molecule has 0 aromatic carbocycles. The van der Waals surface area contributed by atoms with E-state index in [1.165, 1.54) is 142 Å². The molecule has 36 atom stereocenters. The van der Waals surface area contributed by atoms with Crippen molar-refractivity contribution in [3.8, 4) is 0 Å². The van der Waals surface area contributed by atoms with Crippen LogP contribution in [0.2, 0.25) is 0 Å². The summed E-state index contributed by atoms with van der Waals surface area (Å²) in [5.74, 6) is 0. The molecule has 0 aromatic rings. The minimum Gasteiger partial charge on any atom is -0.392 e. The van der Waals surface area contributed by atoms with Gasteiger partial charge in [0.15, 0.2) is 44.0 Å². The molecule has 21 saturated heterocycles. The lowest BCUT2D eigenvalue weighted by Crippen LogP contribution is -2.69. The van der Waals surface area contributed by atoms with Gasteiger partial charge in [-0.25, -0.2) is 0 Å². The zero-order chi connectivity index (χ0) is 73.2. The summed E-state index contributed by atoms with van der Waals surface area (Å²) >= 11 is 0. The fourth-order valence-electron chi connectivity index (χ4n) is 15.2. The van der Waals surface area contributed by atoms with Crippen molar-refractivity contribution in [1.29, 1.82) is 0 Å². The Hall–Kier alpha value is -1.44. The third-order valence-electron chi connectivity index (χ3n) is 19.8. The number of methoxy groups -OCH3 is 20. The van der Waals surface area contributed by atoms with Crippen molar-refractivity contribution >= 4 is 0 Å². The van der Waals surface area contributed by atoms with Crippen LogP contribution >= 0.6 is 0 Å². The summed E-state index contributed by atoms with van der Waals surface area (Å²) in [6.45, 7) is 1.61. The number of hydrogen-bond acceptors (Lipinski definition) is 36. The second kappa shape index (κ2) is 41.9. The molecule has 21 aliphatic rings. The molecule has 36 nitrogen and oxygen atoms in total. The zero-order valence-electron chi connectivity index (χ0n) is 62.3. The third kappa shape index (κ3) is 19.2. The lowest BCUT2D eigenvalue weighted by Gasteiger charge is -2.52. The average Bonchev–Trinajstić information content (AvgIpc) is 0.778. The van der Waals surface area contributed by atoms with Gasteiger partial charge in [0.05, 0.1) is 45.7 Å². The molecule has 21 fully saturated rings. The molecular weight excluding hydrogens is 1350 g/mol. The predicted octanol–water partition coefficient (Wildman–Crippen LogP) is -2.17. The maximum absolute atomic E-state index is 10.5. The maximum Gasteiger partial charge on any atom is 0.187 e. The molecule has 0 aliphatic carbocycles. The molecule has 101 heavy (non-hydrogen) atoms. The summed E-state index contributed by atoms with van der Waals surface area (Å²) in [7, 11) is 30.1. The van der Waals surface area contributed by atoms with Crippen LogP contribution in [0.3, 0.4) is 0 Å². The maximum atomic E-state index is 10.5. The number of ether oxygens (including phenoxy) is 34. The van der Waals surface area contributed by atoms with Crippen LogP contribution in [0.15, 0.2) is 0 Å². The highest BCUT2D eigenvalue weighted by atomic mass is 16.8. The van der Waals surface area contributed by atoms with E-state index in [4.69, 9.17) is 161 Å². The Morgan fingerprint density at radius 3 is 0.515 bits per heavy atom. The van der Waals surface area contributed by atoms with Gasteiger partial charge in [-0.1, -0.05) is 0 Å². The fraction of sp³-hybridized carbons (Fsp3) is 1.00. The van der Waals surface area contributed by atoms with E-state index >= 15 is 0 Å². The molecule has 0 spiro atoms. The molecule has 0 amide bonds. The highest BCUT2D eigenvalue weighted by Gasteiger charge is 2.62. The van der Waals surface area contributed by atoms with Crippen molar-refractivity contribution in [3.63, 3.8) is 0 Å². The zero-order valence-corrected chi connectivity index (χ0v) is 62.3. The van der Waals surface area contributed by atoms with Gasteiger partial charge < -0.3 is 171 Å². The van der Waals surface area contributed by atoms with Crippen LogP contribution in [0.1, 0.15) is 6.92 Å². The van der Waals surface area contributed by atoms with Crippen molar-refractivity contribution in [1.82, 2.24) is 5.32 Å². The standard InChI is InChI=1S/C65H117NO35/c1-30(67)22-66-23-31-38-45(74-8)52(81-15)59(88-31)96-39-32(24-68-2)90-61(54(83-17)46(39)75-9)98-41-34(26-70-4)92-63(56(85-19)48(41)77-11)100-43-36(28-72-6)94-65(58(87-21)50(43)79-13)101-44-37(29-73-7)93-64(57(86-20)51(44)80-14)99-42-35(27-71-5)91-62(55(84-18)49(42)78-12)97-40-33(25-69-3)89-60(95-38)53(82-16)47(40)76-10/h30-67H,22-29H2,1-21H3/t30?,31-,32-,33-,34-,35-,36-,37-,38-,39-,40-,41-,42-,43-,44-,45+,46+,47+,48+,49+,50+,51+,52-,53-,54-,55-,56-,57-,58-,59-,60-,61-,62-,63-,64-,65-/m1/s1. The molecule has 14 bridgehead atoms. The monoisotopic (exact) mass is 1470 g/mol. The Balaban J connectivity index is 1.25. The largest absolute Gasteiger partial charge is 0.392 e. The van der Waals surface area contributed by atoms with Gasteiger partial charge in [-0.05, 0) is 6.92 Å². The van der Waals surface area contributed by atoms with Crippen molar-refractivity contribution in [2.75, 3.05) is 195 Å². The molecule has 592 valence electrons. The summed E-state index contributed by atoms with van der Waals surface area (Å²) in [6, 6.07) is 0. The molecule has 21 aliphatic heterocycles. The van der Waals surface area contributed by atoms with Crippen LogP contribution in [0.5, 0.6) is 0 Å². The van der Waals surface area contributed by atoms with Crippen molar-refractivity contribution < 1.29 is 166 Å². The molecule has 1 unspecified atom stereocenters. The van der Waals surface area contributed by atoms with Crippen molar-refractivity contribution in [3.05, 3.63) is 0 Å². The lowest BCUT2D eigenvalue weighted by atomic mass is 9.94. The molecule has 2 N–H and O–H groups in total. The minimum absolute atomic E-state index is 0.0440. The number of rotatable bonds is 30. The first-order valence-electron chi connectivity index (χ1n) is 33.9. The second-order valence-corrected chi connectivity index (χ2v) is 25.5. The van der Waals surface area contributed by atoms with Gasteiger partial charge in [0.25, 0.3) is 0 Å². The van der Waals surface area contributed by atoms with Crippen LogP contribution in [0, 0.1) is 0 Å². The number of hydrogen-bond donors (Lipinski definition) is 2. The first kappa shape index (κ1) is 85.2. The van der Waals surface area contributed by atoms with E-state index in [2.05, 4.69) is 5.32 Å². The number of nitrogens with one attached hydrogen (secondary N) is 1. The molecule has 21 rings (SSSR count). The second-order valence-electron chi connectivity index (χ2n) is 25.5. The first-order chi connectivity index (χ1) is 49.0. The van der Waals surface area contributed by atoms with Gasteiger partial charge in [0, 0.05) is 155 Å². The van der Waals surface area contributed by atoms with Crippen LogP contribution in [-0.2, 0) is 161 Å². The quantitative estimate of drug-likeness (QED) is 0.0773. The van der Waals surface area contributed by atoms with Gasteiger partial charge >= 0.3 is 0 Å². The molecular formula is C65H117NO35. The highest BCUT2D eigenvalue weighted by molar-refractivity contribution is 5.04. The Morgan fingerprint density at radius 1 is 0.228 bits per heavy atom. The van der Waals surface area contributed by atoms with Crippen LogP contribution in [-0.4, -0.2) is 421 Å². The summed E-state index contributed by atoms with van der Waals surface area (Å²) in [6.07, 6.45) is -37.2. The van der Waals surface area contributed by atoms with E-state index in [0.717, 1.165) is 0 Å². The summed E-state index contributed by atoms with van der Waals surface area (Å²) in [5, 5.41) is 13.8. The molecule has 0 radical (unpaired) electrons. The van der Waals surface area contributed by atoms with Gasteiger partial charge in [-0.3, -0.25) is 0 Å². The van der Waals surface area contributed by atoms with Gasteiger partial charge in [0.1, 0.15) is 171 Å². The number of aliphatic hydroxyl groups excluding tert-OH is 1. The van der Waals surface area contributed by atoms with Gasteiger partial charge in [-0.15, -0.1) is 0 Å². The Kier molecular flexibility index (Phi) is 35.4. The minimum atomic E-state index is -1.25. The highest BCUT2D eigenvalue weighted by Crippen LogP contribution is 2.43. The lowest BCUT2D eigenvalue weighted by molar-refractivity contribution is -0.402. The van der Waals surface area contributed by atoms with Crippen molar-refractivity contribution in [2.24, 2.45) is 0 Å².